The highest BCUT2D eigenvalue weighted by atomic mass is 16.6. The second kappa shape index (κ2) is 7.97. The first kappa shape index (κ1) is 18.2. The Morgan fingerprint density at radius 2 is 1.64 bits per heavy atom. The molecule has 1 aromatic carbocycles. The van der Waals surface area contributed by atoms with E-state index in [4.69, 9.17) is 9.47 Å². The molecule has 0 amide bonds. The summed E-state index contributed by atoms with van der Waals surface area (Å²) < 4.78 is 10.6. The Balaban J connectivity index is 2.78. The molecule has 0 aliphatic rings. The van der Waals surface area contributed by atoms with Crippen LogP contribution in [0.15, 0.2) is 12.1 Å². The molecule has 22 heavy (non-hydrogen) atoms. The van der Waals surface area contributed by atoms with Gasteiger partial charge in [0.05, 0.1) is 5.56 Å². The Hall–Kier alpha value is -1.84. The first-order valence-electron chi connectivity index (χ1n) is 7.57. The predicted octanol–water partition coefficient (Wildman–Crippen LogP) is 3.91. The van der Waals surface area contributed by atoms with Crippen LogP contribution in [-0.2, 0) is 14.3 Å². The molecule has 0 spiro atoms. The molecule has 0 fully saturated rings. The molecule has 4 heteroatoms. The van der Waals surface area contributed by atoms with E-state index in [1.807, 2.05) is 46.8 Å². The molecular formula is C18H25O4. The van der Waals surface area contributed by atoms with Crippen LogP contribution in [0.2, 0.25) is 0 Å². The first-order valence-corrected chi connectivity index (χ1v) is 7.57. The summed E-state index contributed by atoms with van der Waals surface area (Å²) >= 11 is 0. The second-order valence-corrected chi connectivity index (χ2v) is 5.80. The third-order valence-corrected chi connectivity index (χ3v) is 3.40. The Morgan fingerprint density at radius 1 is 1.09 bits per heavy atom. The van der Waals surface area contributed by atoms with Crippen molar-refractivity contribution >= 4 is 11.9 Å². The zero-order valence-electron chi connectivity index (χ0n) is 14.3. The van der Waals surface area contributed by atoms with Gasteiger partial charge in [0.15, 0.2) is 6.10 Å². The van der Waals surface area contributed by atoms with Crippen molar-refractivity contribution in [2.24, 2.45) is 5.92 Å². The third kappa shape index (κ3) is 4.86. The van der Waals surface area contributed by atoms with Crippen LogP contribution in [0, 0.1) is 32.8 Å². The number of aryl methyl sites for hydroxylation is 3. The third-order valence-electron chi connectivity index (χ3n) is 3.40. The molecule has 1 aromatic rings. The van der Waals surface area contributed by atoms with Gasteiger partial charge in [-0.1, -0.05) is 38.5 Å². The zero-order chi connectivity index (χ0) is 16.9. The first-order chi connectivity index (χ1) is 10.3. The Kier molecular flexibility index (Phi) is 6.60. The lowest BCUT2D eigenvalue weighted by Crippen LogP contribution is -2.23. The smallest absolute Gasteiger partial charge is 0.338 e. The van der Waals surface area contributed by atoms with Gasteiger partial charge >= 0.3 is 11.9 Å². The average molecular weight is 305 g/mol. The number of hydrogen-bond donors (Lipinski definition) is 0. The van der Waals surface area contributed by atoms with Gasteiger partial charge in [-0.3, -0.25) is 4.79 Å². The van der Waals surface area contributed by atoms with Gasteiger partial charge in [0.1, 0.15) is 6.61 Å². The molecule has 0 saturated carbocycles. The van der Waals surface area contributed by atoms with E-state index in [0.29, 0.717) is 18.1 Å². The summed E-state index contributed by atoms with van der Waals surface area (Å²) in [4.78, 5) is 23.7. The predicted molar refractivity (Wildman–Crippen MR) is 85.4 cm³/mol. The van der Waals surface area contributed by atoms with Crippen LogP contribution in [0.25, 0.3) is 0 Å². The lowest BCUT2D eigenvalue weighted by atomic mass is 10.00. The molecule has 0 aromatic heterocycles. The van der Waals surface area contributed by atoms with Crippen molar-refractivity contribution in [2.75, 3.05) is 6.61 Å². The summed E-state index contributed by atoms with van der Waals surface area (Å²) in [6.45, 7) is 11.3. The summed E-state index contributed by atoms with van der Waals surface area (Å²) in [5, 5.41) is 0. The molecule has 0 saturated heterocycles. The van der Waals surface area contributed by atoms with Crippen molar-refractivity contribution in [3.8, 4) is 0 Å². The highest BCUT2D eigenvalue weighted by molar-refractivity contribution is 5.92. The van der Waals surface area contributed by atoms with Crippen LogP contribution in [0.4, 0.5) is 0 Å². The van der Waals surface area contributed by atoms with Crippen LogP contribution < -0.4 is 0 Å². The van der Waals surface area contributed by atoms with Crippen LogP contribution in [0.5, 0.6) is 0 Å². The minimum Gasteiger partial charge on any atom is -0.458 e. The quantitative estimate of drug-likeness (QED) is 0.748. The van der Waals surface area contributed by atoms with E-state index in [1.54, 1.807) is 6.92 Å². The number of esters is 2. The number of benzene rings is 1. The van der Waals surface area contributed by atoms with Gasteiger partial charge in [0.2, 0.25) is 0 Å². The summed E-state index contributed by atoms with van der Waals surface area (Å²) in [7, 11) is 0. The fraction of sp³-hybridized carbons (Fsp3) is 0.500. The van der Waals surface area contributed by atoms with Gasteiger partial charge in [-0.25, -0.2) is 4.79 Å². The standard InChI is InChI=1S/C18H25O4/c1-7-16(19)22-15(11(2)3)10-21-18(20)17-13(5)8-12(4)9-14(17)6/h8-9,11H,7,10H2,1-6H3. The van der Waals surface area contributed by atoms with Gasteiger partial charge in [-0.15, -0.1) is 0 Å². The summed E-state index contributed by atoms with van der Waals surface area (Å²) in [6.07, 6.45) is 0.767. The maximum atomic E-state index is 12.3. The molecule has 1 rings (SSSR count). The van der Waals surface area contributed by atoms with Crippen LogP contribution in [-0.4, -0.2) is 18.5 Å². The molecule has 121 valence electrons. The molecule has 1 radical (unpaired) electrons. The van der Waals surface area contributed by atoms with Gasteiger partial charge in [-0.2, -0.15) is 0 Å². The zero-order valence-corrected chi connectivity index (χ0v) is 14.3. The van der Waals surface area contributed by atoms with Crippen LogP contribution in [0.1, 0.15) is 54.2 Å². The molecule has 0 aliphatic carbocycles. The van der Waals surface area contributed by atoms with E-state index in [-0.39, 0.29) is 24.5 Å². The van der Waals surface area contributed by atoms with Crippen molar-refractivity contribution in [3.05, 3.63) is 40.5 Å². The van der Waals surface area contributed by atoms with Gasteiger partial charge in [0, 0.05) is 12.3 Å². The lowest BCUT2D eigenvalue weighted by Gasteiger charge is -2.20. The molecule has 0 bridgehead atoms. The average Bonchev–Trinajstić information content (AvgIpc) is 2.41. The van der Waals surface area contributed by atoms with Crippen molar-refractivity contribution in [2.45, 2.75) is 48.0 Å². The molecule has 0 heterocycles. The fourth-order valence-corrected chi connectivity index (χ4v) is 2.24. The molecular weight excluding hydrogens is 280 g/mol. The minimum absolute atomic E-state index is 0.00325. The van der Waals surface area contributed by atoms with Crippen molar-refractivity contribution in [3.63, 3.8) is 0 Å². The Bertz CT molecular complexity index is 523. The fourth-order valence-electron chi connectivity index (χ4n) is 2.24. The largest absolute Gasteiger partial charge is 0.458 e. The molecule has 0 atom stereocenters. The van der Waals surface area contributed by atoms with Crippen molar-refractivity contribution in [1.29, 1.82) is 0 Å². The Labute approximate surface area is 132 Å². The Morgan fingerprint density at radius 3 is 2.09 bits per heavy atom. The minimum atomic E-state index is -0.388. The SMILES string of the molecule is CCC(=O)O[C](COC(=O)c1c(C)cc(C)cc1C)C(C)C. The van der Waals surface area contributed by atoms with E-state index >= 15 is 0 Å². The van der Waals surface area contributed by atoms with Gasteiger partial charge in [0.25, 0.3) is 0 Å². The highest BCUT2D eigenvalue weighted by Crippen LogP contribution is 2.20. The monoisotopic (exact) mass is 305 g/mol. The number of carbonyl (C=O) groups excluding carboxylic acids is 2. The van der Waals surface area contributed by atoms with E-state index in [2.05, 4.69) is 0 Å². The topological polar surface area (TPSA) is 52.6 Å². The molecule has 0 N–H and O–H groups in total. The maximum absolute atomic E-state index is 12.3. The molecule has 0 unspecified atom stereocenters. The van der Waals surface area contributed by atoms with Crippen LogP contribution >= 0.6 is 0 Å². The van der Waals surface area contributed by atoms with E-state index in [1.165, 1.54) is 0 Å². The maximum Gasteiger partial charge on any atom is 0.338 e. The number of rotatable bonds is 6. The van der Waals surface area contributed by atoms with E-state index in [0.717, 1.165) is 16.7 Å². The lowest BCUT2D eigenvalue weighted by molar-refractivity contribution is -0.144. The van der Waals surface area contributed by atoms with Gasteiger partial charge < -0.3 is 9.47 Å². The summed E-state index contributed by atoms with van der Waals surface area (Å²) in [6, 6.07) is 3.90. The number of ether oxygens (including phenoxy) is 2. The second-order valence-electron chi connectivity index (χ2n) is 5.80. The normalized spacial score (nSPS) is 10.9. The highest BCUT2D eigenvalue weighted by Gasteiger charge is 2.23. The number of carbonyl (C=O) groups is 2. The van der Waals surface area contributed by atoms with Crippen molar-refractivity contribution in [1.82, 2.24) is 0 Å². The number of hydrogen-bond acceptors (Lipinski definition) is 4. The molecule has 0 aliphatic heterocycles. The van der Waals surface area contributed by atoms with E-state index in [9.17, 15) is 9.59 Å². The van der Waals surface area contributed by atoms with Gasteiger partial charge in [-0.05, 0) is 31.9 Å². The summed E-state index contributed by atoms with van der Waals surface area (Å²) in [5.74, 6) is -0.702. The molecule has 4 nitrogen and oxygen atoms in total. The summed E-state index contributed by atoms with van der Waals surface area (Å²) in [5.41, 5.74) is 3.46. The van der Waals surface area contributed by atoms with E-state index < -0.39 is 0 Å². The van der Waals surface area contributed by atoms with Crippen LogP contribution in [0.3, 0.4) is 0 Å². The van der Waals surface area contributed by atoms with Crippen molar-refractivity contribution < 1.29 is 19.1 Å².